The molecule has 5 aromatic rings. The molecule has 0 bridgehead atoms. The summed E-state index contributed by atoms with van der Waals surface area (Å²) in [6.45, 7) is 4.52. The van der Waals surface area contributed by atoms with Crippen LogP contribution in [0, 0.1) is 13.8 Å². The highest BCUT2D eigenvalue weighted by molar-refractivity contribution is 6.19. The van der Waals surface area contributed by atoms with Gasteiger partial charge in [-0.05, 0) is 61.7 Å². The Morgan fingerprint density at radius 2 is 1.85 bits per heavy atom. The lowest BCUT2D eigenvalue weighted by molar-refractivity contribution is 0.100. The van der Waals surface area contributed by atoms with Crippen LogP contribution in [0.1, 0.15) is 27.4 Å². The number of rotatable bonds is 6. The number of nitrogens with zero attached hydrogens (tertiary/aromatic N) is 2. The summed E-state index contributed by atoms with van der Waals surface area (Å²) < 4.78 is 13.1. The molecule has 6 heteroatoms. The molecule has 2 heterocycles. The van der Waals surface area contributed by atoms with Crippen molar-refractivity contribution in [1.82, 2.24) is 9.72 Å². The summed E-state index contributed by atoms with van der Waals surface area (Å²) in [5.41, 5.74) is 12.1. The van der Waals surface area contributed by atoms with Crippen LogP contribution < -0.4 is 10.5 Å². The lowest BCUT2D eigenvalue weighted by atomic mass is 9.97. The van der Waals surface area contributed by atoms with Crippen molar-refractivity contribution in [2.75, 3.05) is 7.11 Å². The molecule has 5 rings (SSSR count). The molecule has 6 nitrogen and oxygen atoms in total. The maximum Gasteiger partial charge on any atom is 0.249 e. The van der Waals surface area contributed by atoms with Gasteiger partial charge in [-0.3, -0.25) is 4.79 Å². The third-order valence-electron chi connectivity index (χ3n) is 6.23. The van der Waals surface area contributed by atoms with Crippen LogP contribution in [0.3, 0.4) is 0 Å². The third kappa shape index (κ3) is 3.53. The molecule has 0 radical (unpaired) electrons. The molecule has 0 unspecified atom stereocenters. The number of primary amides is 1. The van der Waals surface area contributed by atoms with Crippen molar-refractivity contribution in [3.63, 3.8) is 0 Å². The summed E-state index contributed by atoms with van der Waals surface area (Å²) in [6.07, 6.45) is 0.854. The van der Waals surface area contributed by atoms with Crippen molar-refractivity contribution in [2.24, 2.45) is 5.73 Å². The Morgan fingerprint density at radius 3 is 2.52 bits per heavy atom. The molecule has 0 atom stereocenters. The molecule has 2 N–H and O–H groups in total. The molecule has 2 aromatic heterocycles. The van der Waals surface area contributed by atoms with Gasteiger partial charge in [-0.1, -0.05) is 35.5 Å². The highest BCUT2D eigenvalue weighted by atomic mass is 16.5. The van der Waals surface area contributed by atoms with E-state index >= 15 is 0 Å². The molecule has 0 spiro atoms. The monoisotopic (exact) mass is 439 g/mol. The Hall–Kier alpha value is -4.06. The van der Waals surface area contributed by atoms with Crippen LogP contribution in [0.25, 0.3) is 32.9 Å². The number of amides is 1. The number of ether oxygens (including phenoxy) is 1. The molecule has 1 amide bonds. The quantitative estimate of drug-likeness (QED) is 0.383. The number of carbonyl (C=O) groups excluding carboxylic acids is 1. The maximum atomic E-state index is 12.6. The van der Waals surface area contributed by atoms with Crippen LogP contribution in [0.2, 0.25) is 0 Å². The molecule has 166 valence electrons. The Bertz CT molecular complexity index is 1480. The topological polar surface area (TPSA) is 83.3 Å². The number of aromatic nitrogens is 2. The minimum absolute atomic E-state index is 0.471. The molecule has 0 aliphatic carbocycles. The van der Waals surface area contributed by atoms with E-state index in [0.29, 0.717) is 11.3 Å². The molecular weight excluding hydrogens is 414 g/mol. The molecule has 0 aliphatic heterocycles. The van der Waals surface area contributed by atoms with E-state index in [1.54, 1.807) is 7.11 Å². The van der Waals surface area contributed by atoms with Crippen LogP contribution in [0.5, 0.6) is 5.75 Å². The summed E-state index contributed by atoms with van der Waals surface area (Å²) in [4.78, 5) is 12.6. The average Bonchev–Trinajstić information content (AvgIpc) is 3.33. The van der Waals surface area contributed by atoms with Crippen LogP contribution in [-0.2, 0) is 13.0 Å². The molecule has 33 heavy (non-hydrogen) atoms. The zero-order chi connectivity index (χ0) is 23.1. The summed E-state index contributed by atoms with van der Waals surface area (Å²) in [7, 11) is 1.64. The van der Waals surface area contributed by atoms with Crippen molar-refractivity contribution >= 4 is 27.7 Å². The number of nitrogens with two attached hydrogens (primary N) is 1. The first-order valence-corrected chi connectivity index (χ1v) is 10.9. The van der Waals surface area contributed by atoms with E-state index < -0.39 is 5.91 Å². The first-order chi connectivity index (χ1) is 16.0. The van der Waals surface area contributed by atoms with Crippen molar-refractivity contribution in [2.45, 2.75) is 26.8 Å². The molecule has 3 aromatic carbocycles. The summed E-state index contributed by atoms with van der Waals surface area (Å²) >= 11 is 0. The number of fused-ring (bicyclic) bond motifs is 3. The first-order valence-electron chi connectivity index (χ1n) is 10.9. The number of methoxy groups -OCH3 is 1. The molecule has 0 fully saturated rings. The first kappa shape index (κ1) is 20.8. The fourth-order valence-electron chi connectivity index (χ4n) is 4.69. The van der Waals surface area contributed by atoms with Gasteiger partial charge in [-0.2, -0.15) is 0 Å². The third-order valence-corrected chi connectivity index (χ3v) is 6.23. The van der Waals surface area contributed by atoms with E-state index in [-0.39, 0.29) is 0 Å². The Balaban J connectivity index is 1.81. The minimum Gasteiger partial charge on any atom is -0.497 e. The second kappa shape index (κ2) is 8.13. The Kier molecular flexibility index (Phi) is 5.13. The van der Waals surface area contributed by atoms with E-state index in [2.05, 4.69) is 27.9 Å². The largest absolute Gasteiger partial charge is 0.497 e. The lowest BCUT2D eigenvalue weighted by Gasteiger charge is -2.10. The zero-order valence-corrected chi connectivity index (χ0v) is 18.9. The number of hydrogen-bond acceptors (Lipinski definition) is 4. The van der Waals surface area contributed by atoms with Crippen molar-refractivity contribution in [1.29, 1.82) is 0 Å². The predicted octanol–water partition coefficient (Wildman–Crippen LogP) is 5.42. The van der Waals surface area contributed by atoms with Crippen LogP contribution in [0.15, 0.2) is 65.2 Å². The van der Waals surface area contributed by atoms with Crippen LogP contribution in [0.4, 0.5) is 0 Å². The van der Waals surface area contributed by atoms with Gasteiger partial charge >= 0.3 is 0 Å². The van der Waals surface area contributed by atoms with E-state index in [0.717, 1.165) is 57.3 Å². The Labute approximate surface area is 191 Å². The summed E-state index contributed by atoms with van der Waals surface area (Å²) in [5.74, 6) is 0.962. The van der Waals surface area contributed by atoms with E-state index in [1.807, 2.05) is 56.3 Å². The average molecular weight is 440 g/mol. The van der Waals surface area contributed by atoms with Crippen molar-refractivity contribution in [3.05, 3.63) is 83.2 Å². The van der Waals surface area contributed by atoms with Gasteiger partial charge in [-0.15, -0.1) is 0 Å². The Morgan fingerprint density at radius 1 is 1.06 bits per heavy atom. The fraction of sp³-hybridized carbons (Fsp3) is 0.185. The van der Waals surface area contributed by atoms with Gasteiger partial charge in [-0.25, -0.2) is 0 Å². The lowest BCUT2D eigenvalue weighted by Crippen LogP contribution is -2.12. The zero-order valence-electron chi connectivity index (χ0n) is 18.9. The molecular formula is C27H25N3O3. The number of hydrogen-bond donors (Lipinski definition) is 1. The maximum absolute atomic E-state index is 12.6. The van der Waals surface area contributed by atoms with Gasteiger partial charge in [0, 0.05) is 34.0 Å². The van der Waals surface area contributed by atoms with Gasteiger partial charge in [0.2, 0.25) is 5.91 Å². The normalized spacial score (nSPS) is 11.4. The van der Waals surface area contributed by atoms with Gasteiger partial charge in [0.15, 0.2) is 0 Å². The van der Waals surface area contributed by atoms with E-state index in [4.69, 9.17) is 15.0 Å². The highest BCUT2D eigenvalue weighted by Crippen LogP contribution is 2.38. The number of benzene rings is 3. The predicted molar refractivity (Wildman–Crippen MR) is 130 cm³/mol. The smallest absolute Gasteiger partial charge is 0.249 e. The number of aryl methyl sites for hydroxylation is 4. The van der Waals surface area contributed by atoms with Gasteiger partial charge in [0.25, 0.3) is 0 Å². The van der Waals surface area contributed by atoms with Gasteiger partial charge < -0.3 is 19.6 Å². The van der Waals surface area contributed by atoms with Gasteiger partial charge in [0.1, 0.15) is 11.5 Å². The van der Waals surface area contributed by atoms with Crippen LogP contribution in [-0.4, -0.2) is 22.7 Å². The standard InChI is InChI=1S/C27H25N3O3/c1-16-25(17(2)33-29-16)19-13-22(27(28)31)26-21-15-20(32-3)9-10-23(21)30(24(26)14-19)12-11-18-7-5-4-6-8-18/h4-10,13-15H,11-12H2,1-3H3,(H2,28,31). The van der Waals surface area contributed by atoms with Crippen molar-refractivity contribution < 1.29 is 14.1 Å². The second-order valence-electron chi connectivity index (χ2n) is 8.25. The van der Waals surface area contributed by atoms with E-state index in [1.165, 1.54) is 5.56 Å². The van der Waals surface area contributed by atoms with E-state index in [9.17, 15) is 4.79 Å². The minimum atomic E-state index is -0.474. The fourth-order valence-corrected chi connectivity index (χ4v) is 4.69. The number of carbonyl (C=O) groups is 1. The van der Waals surface area contributed by atoms with Crippen molar-refractivity contribution in [3.8, 4) is 16.9 Å². The van der Waals surface area contributed by atoms with Crippen LogP contribution >= 0.6 is 0 Å². The SMILES string of the molecule is COc1ccc2c(c1)c1c(C(N)=O)cc(-c3c(C)noc3C)cc1n2CCc1ccccc1. The summed E-state index contributed by atoms with van der Waals surface area (Å²) in [6, 6.07) is 20.3. The highest BCUT2D eigenvalue weighted by Gasteiger charge is 2.21. The molecule has 0 saturated heterocycles. The summed E-state index contributed by atoms with van der Waals surface area (Å²) in [5, 5.41) is 5.87. The second-order valence-corrected chi connectivity index (χ2v) is 8.25. The molecule has 0 aliphatic rings. The van der Waals surface area contributed by atoms with Gasteiger partial charge in [0.05, 0.1) is 18.3 Å². The molecule has 0 saturated carbocycles.